The van der Waals surface area contributed by atoms with Gasteiger partial charge in [0, 0.05) is 5.92 Å². The number of rotatable bonds is 2. The lowest BCUT2D eigenvalue weighted by atomic mass is 9.94. The van der Waals surface area contributed by atoms with Crippen LogP contribution in [-0.2, 0) is 0 Å². The molecule has 0 aromatic rings. The second-order valence-corrected chi connectivity index (χ2v) is 3.71. The van der Waals surface area contributed by atoms with Crippen molar-refractivity contribution < 1.29 is 21.9 Å². The lowest BCUT2D eigenvalue weighted by molar-refractivity contribution is -0.888. The standard InChI is InChI=1S/C9H19N.BrH/c1-3-5-9-6-4-7-10(2)8-9;/h9H,3-8H2,1-2H3;1H. The minimum atomic E-state index is 0. The van der Waals surface area contributed by atoms with E-state index in [4.69, 9.17) is 0 Å². The van der Waals surface area contributed by atoms with E-state index >= 15 is 0 Å². The van der Waals surface area contributed by atoms with Crippen LogP contribution in [-0.4, -0.2) is 20.1 Å². The van der Waals surface area contributed by atoms with Gasteiger partial charge in [0.15, 0.2) is 0 Å². The largest absolute Gasteiger partial charge is 1.00 e. The van der Waals surface area contributed by atoms with Gasteiger partial charge in [0.05, 0.1) is 20.1 Å². The van der Waals surface area contributed by atoms with E-state index in [2.05, 4.69) is 14.0 Å². The molecule has 0 radical (unpaired) electrons. The smallest absolute Gasteiger partial charge is 0.0797 e. The summed E-state index contributed by atoms with van der Waals surface area (Å²) in [5, 5.41) is 0. The molecule has 11 heavy (non-hydrogen) atoms. The fourth-order valence-electron chi connectivity index (χ4n) is 2.04. The van der Waals surface area contributed by atoms with Gasteiger partial charge in [-0.2, -0.15) is 0 Å². The molecule has 0 saturated carbocycles. The third-order valence-corrected chi connectivity index (χ3v) is 2.55. The molecule has 1 saturated heterocycles. The van der Waals surface area contributed by atoms with Crippen molar-refractivity contribution in [2.45, 2.75) is 32.6 Å². The number of hydrogen-bond donors (Lipinski definition) is 1. The molecule has 68 valence electrons. The van der Waals surface area contributed by atoms with Gasteiger partial charge in [-0.25, -0.2) is 0 Å². The van der Waals surface area contributed by atoms with Crippen LogP contribution >= 0.6 is 0 Å². The van der Waals surface area contributed by atoms with E-state index in [1.54, 1.807) is 4.90 Å². The number of hydrogen-bond acceptors (Lipinski definition) is 0. The molecule has 1 aliphatic heterocycles. The van der Waals surface area contributed by atoms with E-state index in [1.165, 1.54) is 38.8 Å². The Morgan fingerprint density at radius 2 is 2.18 bits per heavy atom. The summed E-state index contributed by atoms with van der Waals surface area (Å²) in [6.45, 7) is 5.12. The SMILES string of the molecule is CCCC1CCC[NH+](C)C1.[Br-]. The Balaban J connectivity index is 0.000001000. The Kier molecular flexibility index (Phi) is 6.25. The van der Waals surface area contributed by atoms with E-state index in [-0.39, 0.29) is 17.0 Å². The van der Waals surface area contributed by atoms with Crippen molar-refractivity contribution in [1.29, 1.82) is 0 Å². The van der Waals surface area contributed by atoms with Crippen molar-refractivity contribution in [3.63, 3.8) is 0 Å². The summed E-state index contributed by atoms with van der Waals surface area (Å²) in [7, 11) is 2.32. The van der Waals surface area contributed by atoms with Crippen LogP contribution in [0.2, 0.25) is 0 Å². The van der Waals surface area contributed by atoms with Gasteiger partial charge in [-0.1, -0.05) is 13.3 Å². The normalized spacial score (nSPS) is 31.1. The molecular weight excluding hydrogens is 202 g/mol. The van der Waals surface area contributed by atoms with E-state index in [1.807, 2.05) is 0 Å². The summed E-state index contributed by atoms with van der Waals surface area (Å²) in [5.74, 6) is 1.04. The molecule has 0 aromatic heterocycles. The molecular formula is C9H20BrN. The summed E-state index contributed by atoms with van der Waals surface area (Å²) in [6, 6.07) is 0. The molecule has 0 aliphatic carbocycles. The van der Waals surface area contributed by atoms with Crippen LogP contribution in [0.15, 0.2) is 0 Å². The van der Waals surface area contributed by atoms with Crippen molar-refractivity contribution in [2.24, 2.45) is 5.92 Å². The zero-order chi connectivity index (χ0) is 7.40. The highest BCUT2D eigenvalue weighted by Gasteiger charge is 2.18. The highest BCUT2D eigenvalue weighted by Crippen LogP contribution is 2.12. The molecule has 1 rings (SSSR count). The number of piperidine rings is 1. The Morgan fingerprint density at radius 3 is 2.73 bits per heavy atom. The molecule has 0 amide bonds. The van der Waals surface area contributed by atoms with Gasteiger partial charge in [-0.05, 0) is 19.3 Å². The molecule has 0 spiro atoms. The number of nitrogens with one attached hydrogen (secondary N) is 1. The third kappa shape index (κ3) is 4.12. The first-order valence-corrected chi connectivity index (χ1v) is 4.64. The summed E-state index contributed by atoms with van der Waals surface area (Å²) in [6.07, 6.45) is 5.77. The fraction of sp³-hybridized carbons (Fsp3) is 1.00. The van der Waals surface area contributed by atoms with Crippen molar-refractivity contribution >= 4 is 0 Å². The maximum Gasteiger partial charge on any atom is 0.0797 e. The summed E-state index contributed by atoms with van der Waals surface area (Å²) in [4.78, 5) is 1.74. The second kappa shape index (κ2) is 6.01. The van der Waals surface area contributed by atoms with Crippen LogP contribution in [0.1, 0.15) is 32.6 Å². The first-order valence-electron chi connectivity index (χ1n) is 4.64. The minimum Gasteiger partial charge on any atom is -1.00 e. The predicted octanol–water partition coefficient (Wildman–Crippen LogP) is -2.28. The Labute approximate surface area is 80.9 Å². The molecule has 0 aromatic carbocycles. The number of halogens is 1. The summed E-state index contributed by atoms with van der Waals surface area (Å²) in [5.41, 5.74) is 0. The quantitative estimate of drug-likeness (QED) is 0.537. The van der Waals surface area contributed by atoms with E-state index in [0.717, 1.165) is 5.92 Å². The van der Waals surface area contributed by atoms with Gasteiger partial charge >= 0.3 is 0 Å². The Morgan fingerprint density at radius 1 is 1.45 bits per heavy atom. The highest BCUT2D eigenvalue weighted by atomic mass is 79.9. The molecule has 1 fully saturated rings. The maximum absolute atomic E-state index is 2.32. The average Bonchev–Trinajstić information content (AvgIpc) is 1.88. The van der Waals surface area contributed by atoms with Crippen LogP contribution < -0.4 is 21.9 Å². The molecule has 0 bridgehead atoms. The van der Waals surface area contributed by atoms with E-state index in [0.29, 0.717) is 0 Å². The minimum absolute atomic E-state index is 0. The first-order chi connectivity index (χ1) is 4.83. The Hall–Kier alpha value is 0.440. The molecule has 1 heterocycles. The van der Waals surface area contributed by atoms with E-state index < -0.39 is 0 Å². The van der Waals surface area contributed by atoms with Crippen molar-refractivity contribution in [3.8, 4) is 0 Å². The van der Waals surface area contributed by atoms with Crippen molar-refractivity contribution in [3.05, 3.63) is 0 Å². The molecule has 1 aliphatic rings. The second-order valence-electron chi connectivity index (χ2n) is 3.71. The molecule has 2 unspecified atom stereocenters. The van der Waals surface area contributed by atoms with Crippen LogP contribution in [0.25, 0.3) is 0 Å². The van der Waals surface area contributed by atoms with Gasteiger partial charge in [-0.15, -0.1) is 0 Å². The fourth-order valence-corrected chi connectivity index (χ4v) is 2.04. The number of quaternary nitrogens is 1. The average molecular weight is 222 g/mol. The first kappa shape index (κ1) is 11.4. The zero-order valence-electron chi connectivity index (χ0n) is 7.70. The summed E-state index contributed by atoms with van der Waals surface area (Å²) < 4.78 is 0. The lowest BCUT2D eigenvalue weighted by Gasteiger charge is -2.26. The molecule has 2 heteroatoms. The molecule has 1 nitrogen and oxygen atoms in total. The van der Waals surface area contributed by atoms with Crippen LogP contribution in [0.5, 0.6) is 0 Å². The van der Waals surface area contributed by atoms with Gasteiger partial charge < -0.3 is 21.9 Å². The van der Waals surface area contributed by atoms with Crippen molar-refractivity contribution in [1.82, 2.24) is 0 Å². The monoisotopic (exact) mass is 221 g/mol. The molecule has 1 N–H and O–H groups in total. The van der Waals surface area contributed by atoms with Gasteiger partial charge in [0.2, 0.25) is 0 Å². The highest BCUT2D eigenvalue weighted by molar-refractivity contribution is 4.59. The zero-order valence-corrected chi connectivity index (χ0v) is 9.28. The topological polar surface area (TPSA) is 4.44 Å². The van der Waals surface area contributed by atoms with Crippen LogP contribution in [0.3, 0.4) is 0 Å². The van der Waals surface area contributed by atoms with E-state index in [9.17, 15) is 0 Å². The Bertz CT molecular complexity index is 93.6. The third-order valence-electron chi connectivity index (χ3n) is 2.55. The predicted molar refractivity (Wildman–Crippen MR) is 44.3 cm³/mol. The summed E-state index contributed by atoms with van der Waals surface area (Å²) >= 11 is 0. The van der Waals surface area contributed by atoms with Gasteiger partial charge in [0.25, 0.3) is 0 Å². The van der Waals surface area contributed by atoms with Crippen molar-refractivity contribution in [2.75, 3.05) is 20.1 Å². The van der Waals surface area contributed by atoms with Crippen LogP contribution in [0.4, 0.5) is 0 Å². The molecule has 2 atom stereocenters. The maximum atomic E-state index is 2.32. The number of likely N-dealkylation sites (tertiary alicyclic amines) is 1. The van der Waals surface area contributed by atoms with Gasteiger partial charge in [0.1, 0.15) is 0 Å². The lowest BCUT2D eigenvalue weighted by Crippen LogP contribution is -3.10. The van der Waals surface area contributed by atoms with Crippen LogP contribution in [0, 0.1) is 5.92 Å². The van der Waals surface area contributed by atoms with Gasteiger partial charge in [-0.3, -0.25) is 0 Å².